The predicted octanol–water partition coefficient (Wildman–Crippen LogP) is 11.9. The Kier molecular flexibility index (Phi) is 33.0. The van der Waals surface area contributed by atoms with Crippen LogP contribution >= 0.6 is 0 Å². The molecule has 244 valence electrons. The highest BCUT2D eigenvalue weighted by Crippen LogP contribution is 2.21. The van der Waals surface area contributed by atoms with Gasteiger partial charge in [0.15, 0.2) is 0 Å². The molecule has 0 saturated carbocycles. The molecule has 0 heterocycles. The number of unbranched alkanes of at least 4 members (excludes halogenated alkanes) is 19. The van der Waals surface area contributed by atoms with Gasteiger partial charge in [-0.25, -0.2) is 0 Å². The third kappa shape index (κ3) is 30.5. The number of allylic oxidation sites excluding steroid dienone is 2. The van der Waals surface area contributed by atoms with Crippen LogP contribution < -0.4 is 5.73 Å². The molecule has 3 heteroatoms. The van der Waals surface area contributed by atoms with E-state index in [2.05, 4.69) is 31.9 Å². The van der Waals surface area contributed by atoms with E-state index in [4.69, 9.17) is 10.5 Å². The lowest BCUT2D eigenvalue weighted by atomic mass is 10.0. The standard InChI is InChI=1S/C38H76N2O/c1-5-8-11-14-17-22-27-34-40(36-29-33-39)35-28-23-18-19-24-30-37(4)41-38(31-25-20-15-12-9-6-2)32-26-21-16-13-10-7-3/h5,38H,1,4,6-36,39H2,2-3H3. The van der Waals surface area contributed by atoms with Gasteiger partial charge in [-0.1, -0.05) is 129 Å². The average Bonchev–Trinajstić information content (AvgIpc) is 2.97. The van der Waals surface area contributed by atoms with E-state index in [1.54, 1.807) is 0 Å². The van der Waals surface area contributed by atoms with Crippen molar-refractivity contribution in [2.45, 2.75) is 193 Å². The smallest absolute Gasteiger partial charge is 0.0982 e. The number of nitrogens with two attached hydrogens (primary N) is 1. The van der Waals surface area contributed by atoms with Crippen LogP contribution in [-0.4, -0.2) is 37.2 Å². The summed E-state index contributed by atoms with van der Waals surface area (Å²) in [4.78, 5) is 2.67. The summed E-state index contributed by atoms with van der Waals surface area (Å²) < 4.78 is 6.46. The number of hydrogen-bond acceptors (Lipinski definition) is 3. The van der Waals surface area contributed by atoms with Gasteiger partial charge in [0.05, 0.1) is 11.9 Å². The zero-order valence-corrected chi connectivity index (χ0v) is 28.4. The van der Waals surface area contributed by atoms with Gasteiger partial charge in [-0.3, -0.25) is 0 Å². The minimum absolute atomic E-state index is 0.395. The summed E-state index contributed by atoms with van der Waals surface area (Å²) in [5, 5.41) is 0. The maximum absolute atomic E-state index is 6.46. The summed E-state index contributed by atoms with van der Waals surface area (Å²) in [5.74, 6) is 1.05. The second-order valence-electron chi connectivity index (χ2n) is 12.7. The van der Waals surface area contributed by atoms with Gasteiger partial charge in [0, 0.05) is 6.42 Å². The molecule has 0 unspecified atom stereocenters. The van der Waals surface area contributed by atoms with Gasteiger partial charge in [-0.2, -0.15) is 0 Å². The summed E-state index contributed by atoms with van der Waals surface area (Å²) >= 11 is 0. The lowest BCUT2D eigenvalue weighted by Crippen LogP contribution is -2.28. The van der Waals surface area contributed by atoms with E-state index in [-0.39, 0.29) is 0 Å². The first-order valence-corrected chi connectivity index (χ1v) is 18.6. The second-order valence-corrected chi connectivity index (χ2v) is 12.7. The normalized spacial score (nSPS) is 11.5. The first kappa shape index (κ1) is 40.2. The van der Waals surface area contributed by atoms with Crippen LogP contribution in [0.25, 0.3) is 0 Å². The Balaban J connectivity index is 4.10. The van der Waals surface area contributed by atoms with Crippen molar-refractivity contribution in [1.29, 1.82) is 0 Å². The molecule has 0 amide bonds. The quantitative estimate of drug-likeness (QED) is 0.0463. The van der Waals surface area contributed by atoms with Gasteiger partial charge >= 0.3 is 0 Å². The molecule has 2 N–H and O–H groups in total. The van der Waals surface area contributed by atoms with Crippen molar-refractivity contribution in [2.24, 2.45) is 5.73 Å². The van der Waals surface area contributed by atoms with E-state index < -0.39 is 0 Å². The molecule has 0 aromatic carbocycles. The highest BCUT2D eigenvalue weighted by atomic mass is 16.5. The Labute approximate surface area is 259 Å². The van der Waals surface area contributed by atoms with Crippen LogP contribution in [0.3, 0.4) is 0 Å². The highest BCUT2D eigenvalue weighted by molar-refractivity contribution is 4.84. The highest BCUT2D eigenvalue weighted by Gasteiger charge is 2.11. The van der Waals surface area contributed by atoms with Crippen LogP contribution in [0.1, 0.15) is 187 Å². The fraction of sp³-hybridized carbons (Fsp3) is 0.895. The van der Waals surface area contributed by atoms with Crippen molar-refractivity contribution in [1.82, 2.24) is 4.90 Å². The Morgan fingerprint density at radius 1 is 0.610 bits per heavy atom. The van der Waals surface area contributed by atoms with Crippen LogP contribution in [0.15, 0.2) is 25.0 Å². The minimum atomic E-state index is 0.395. The molecule has 0 spiro atoms. The summed E-state index contributed by atoms with van der Waals surface area (Å²) in [6.07, 6.45) is 37.8. The molecule has 0 radical (unpaired) electrons. The number of nitrogens with zero attached hydrogens (tertiary/aromatic N) is 1. The van der Waals surface area contributed by atoms with Crippen LogP contribution in [0.4, 0.5) is 0 Å². The van der Waals surface area contributed by atoms with E-state index in [9.17, 15) is 0 Å². The van der Waals surface area contributed by atoms with Crippen molar-refractivity contribution < 1.29 is 4.74 Å². The van der Waals surface area contributed by atoms with Gasteiger partial charge in [0.2, 0.25) is 0 Å². The van der Waals surface area contributed by atoms with Crippen molar-refractivity contribution in [2.75, 3.05) is 26.2 Å². The minimum Gasteiger partial charge on any atom is -0.495 e. The van der Waals surface area contributed by atoms with Gasteiger partial charge in [0.25, 0.3) is 0 Å². The molecule has 0 aliphatic carbocycles. The molecule has 0 aromatic rings. The lowest BCUT2D eigenvalue weighted by molar-refractivity contribution is 0.0895. The van der Waals surface area contributed by atoms with Crippen LogP contribution in [0, 0.1) is 0 Å². The molecule has 0 bridgehead atoms. The molecule has 3 nitrogen and oxygen atoms in total. The first-order valence-electron chi connectivity index (χ1n) is 18.6. The summed E-state index contributed by atoms with van der Waals surface area (Å²) in [6, 6.07) is 0. The number of ether oxygens (including phenoxy) is 1. The Morgan fingerprint density at radius 3 is 1.56 bits per heavy atom. The van der Waals surface area contributed by atoms with E-state index in [1.807, 2.05) is 6.08 Å². The molecule has 0 atom stereocenters. The molecule has 0 rings (SSSR count). The fourth-order valence-electron chi connectivity index (χ4n) is 5.85. The Bertz CT molecular complexity index is 518. The number of hydrogen-bond donors (Lipinski definition) is 1. The zero-order chi connectivity index (χ0) is 30.1. The fourth-order valence-corrected chi connectivity index (χ4v) is 5.85. The molecule has 0 aliphatic heterocycles. The molecule has 0 aromatic heterocycles. The third-order valence-corrected chi connectivity index (χ3v) is 8.58. The average molecular weight is 577 g/mol. The molecule has 0 fully saturated rings. The van der Waals surface area contributed by atoms with Gasteiger partial charge in [0.1, 0.15) is 0 Å². The van der Waals surface area contributed by atoms with Crippen LogP contribution in [0.5, 0.6) is 0 Å². The zero-order valence-electron chi connectivity index (χ0n) is 28.4. The topological polar surface area (TPSA) is 38.5 Å². The molecular formula is C38H76N2O. The van der Waals surface area contributed by atoms with Crippen molar-refractivity contribution in [3.05, 3.63) is 25.0 Å². The summed E-state index contributed by atoms with van der Waals surface area (Å²) in [7, 11) is 0. The molecule has 0 saturated heterocycles. The van der Waals surface area contributed by atoms with Gasteiger partial charge in [-0.05, 0) is 90.4 Å². The Hall–Kier alpha value is -0.800. The van der Waals surface area contributed by atoms with E-state index in [1.165, 1.54) is 180 Å². The largest absolute Gasteiger partial charge is 0.495 e. The van der Waals surface area contributed by atoms with E-state index >= 15 is 0 Å². The third-order valence-electron chi connectivity index (χ3n) is 8.58. The first-order chi connectivity index (χ1) is 20.2. The summed E-state index contributed by atoms with van der Waals surface area (Å²) in [6.45, 7) is 17.2. The van der Waals surface area contributed by atoms with Crippen LogP contribution in [-0.2, 0) is 4.74 Å². The molecule has 0 aliphatic rings. The predicted molar refractivity (Wildman–Crippen MR) is 186 cm³/mol. The maximum atomic E-state index is 6.46. The lowest BCUT2D eigenvalue weighted by Gasteiger charge is -2.22. The van der Waals surface area contributed by atoms with E-state index in [0.717, 1.165) is 25.1 Å². The van der Waals surface area contributed by atoms with Crippen molar-refractivity contribution >= 4 is 0 Å². The SMILES string of the molecule is C=CCCCCCCCN(CCCN)CCCCCCCC(=C)OC(CCCCCCCC)CCCCCCCC. The molecular weight excluding hydrogens is 500 g/mol. The maximum Gasteiger partial charge on any atom is 0.0982 e. The van der Waals surface area contributed by atoms with Gasteiger partial charge in [-0.15, -0.1) is 6.58 Å². The van der Waals surface area contributed by atoms with E-state index in [0.29, 0.717) is 6.10 Å². The van der Waals surface area contributed by atoms with Crippen LogP contribution in [0.2, 0.25) is 0 Å². The second kappa shape index (κ2) is 33.7. The van der Waals surface area contributed by atoms with Crippen molar-refractivity contribution in [3.8, 4) is 0 Å². The van der Waals surface area contributed by atoms with Gasteiger partial charge < -0.3 is 15.4 Å². The Morgan fingerprint density at radius 2 is 1.05 bits per heavy atom. The molecule has 41 heavy (non-hydrogen) atoms. The van der Waals surface area contributed by atoms with Crippen molar-refractivity contribution in [3.63, 3.8) is 0 Å². The number of rotatable bonds is 35. The monoisotopic (exact) mass is 577 g/mol. The summed E-state index contributed by atoms with van der Waals surface area (Å²) in [5.41, 5.74) is 5.80.